The largest absolute Gasteiger partial charge is 0.481 e. The molecule has 1 aliphatic rings. The van der Waals surface area contributed by atoms with Crippen molar-refractivity contribution < 1.29 is 24.0 Å². The minimum Gasteiger partial charge on any atom is -0.481 e. The third kappa shape index (κ3) is 5.03. The highest BCUT2D eigenvalue weighted by Crippen LogP contribution is 2.36. The number of amides is 2. The second-order valence-corrected chi connectivity index (χ2v) is 8.25. The second-order valence-electron chi connectivity index (χ2n) is 8.25. The first-order valence-electron chi connectivity index (χ1n) is 8.87. The number of quaternary nitrogens is 1. The SMILES string of the molecule is CC(C)C1C(=O)N(CCC[N+](C)(C)CCC(=O)O)C(=O)C1C(C)C. The molecule has 6 heteroatoms. The first-order chi connectivity index (χ1) is 11.0. The van der Waals surface area contributed by atoms with Gasteiger partial charge in [0.1, 0.15) is 0 Å². The molecule has 0 aromatic carbocycles. The summed E-state index contributed by atoms with van der Waals surface area (Å²) in [6.07, 6.45) is 0.819. The molecule has 1 heterocycles. The molecule has 1 aliphatic heterocycles. The minimum absolute atomic E-state index is 0.0375. The molecule has 0 aromatic rings. The van der Waals surface area contributed by atoms with Crippen molar-refractivity contribution in [2.45, 2.75) is 40.5 Å². The van der Waals surface area contributed by atoms with Gasteiger partial charge in [-0.2, -0.15) is 0 Å². The number of imide groups is 1. The van der Waals surface area contributed by atoms with Crippen LogP contribution in [0, 0.1) is 23.7 Å². The van der Waals surface area contributed by atoms with E-state index in [1.807, 2.05) is 41.8 Å². The first-order valence-corrected chi connectivity index (χ1v) is 8.87. The molecule has 138 valence electrons. The average Bonchev–Trinajstić information content (AvgIpc) is 2.69. The van der Waals surface area contributed by atoms with Gasteiger partial charge in [0.2, 0.25) is 11.8 Å². The monoisotopic (exact) mass is 341 g/mol. The molecule has 2 atom stereocenters. The van der Waals surface area contributed by atoms with Gasteiger partial charge in [-0.3, -0.25) is 19.3 Å². The van der Waals surface area contributed by atoms with Crippen LogP contribution in [0.15, 0.2) is 0 Å². The number of hydrogen-bond donors (Lipinski definition) is 1. The molecule has 1 N–H and O–H groups in total. The number of carboxylic acid groups (broad SMARTS) is 1. The summed E-state index contributed by atoms with van der Waals surface area (Å²) in [4.78, 5) is 37.5. The second kappa shape index (κ2) is 8.10. The van der Waals surface area contributed by atoms with Crippen LogP contribution < -0.4 is 0 Å². The van der Waals surface area contributed by atoms with Gasteiger partial charge >= 0.3 is 5.97 Å². The fourth-order valence-electron chi connectivity index (χ4n) is 3.56. The number of carbonyl (C=O) groups excluding carboxylic acids is 2. The maximum atomic E-state index is 12.7. The molecule has 0 bridgehead atoms. The summed E-state index contributed by atoms with van der Waals surface area (Å²) in [7, 11) is 3.95. The highest BCUT2D eigenvalue weighted by molar-refractivity contribution is 6.05. The molecular weight excluding hydrogens is 308 g/mol. The van der Waals surface area contributed by atoms with Gasteiger partial charge in [-0.15, -0.1) is 0 Å². The lowest BCUT2D eigenvalue weighted by Crippen LogP contribution is -2.44. The Labute approximate surface area is 145 Å². The van der Waals surface area contributed by atoms with Crippen LogP contribution in [0.2, 0.25) is 0 Å². The van der Waals surface area contributed by atoms with E-state index in [4.69, 9.17) is 5.11 Å². The van der Waals surface area contributed by atoms with Crippen LogP contribution in [-0.4, -0.2) is 66.0 Å². The van der Waals surface area contributed by atoms with Crippen molar-refractivity contribution in [3.05, 3.63) is 0 Å². The molecule has 0 saturated carbocycles. The molecule has 0 aromatic heterocycles. The summed E-state index contributed by atoms with van der Waals surface area (Å²) >= 11 is 0. The van der Waals surface area contributed by atoms with Crippen molar-refractivity contribution in [1.82, 2.24) is 4.90 Å². The molecular formula is C18H33N2O4+. The van der Waals surface area contributed by atoms with Crippen LogP contribution in [0.1, 0.15) is 40.5 Å². The predicted octanol–water partition coefficient (Wildman–Crippen LogP) is 1.84. The van der Waals surface area contributed by atoms with Gasteiger partial charge in [0, 0.05) is 13.0 Å². The van der Waals surface area contributed by atoms with E-state index in [-0.39, 0.29) is 41.9 Å². The summed E-state index contributed by atoms with van der Waals surface area (Å²) in [5.74, 6) is -0.998. The highest BCUT2D eigenvalue weighted by atomic mass is 16.4. The summed E-state index contributed by atoms with van der Waals surface area (Å²) < 4.78 is 0.573. The van der Waals surface area contributed by atoms with Crippen molar-refractivity contribution in [3.63, 3.8) is 0 Å². The summed E-state index contributed by atoms with van der Waals surface area (Å²) in [6.45, 7) is 9.71. The third-order valence-electron chi connectivity index (χ3n) is 5.00. The van der Waals surface area contributed by atoms with E-state index in [9.17, 15) is 14.4 Å². The summed E-state index contributed by atoms with van der Waals surface area (Å²) in [5.41, 5.74) is 0. The first kappa shape index (κ1) is 20.6. The van der Waals surface area contributed by atoms with Crippen LogP contribution in [0.25, 0.3) is 0 Å². The lowest BCUT2D eigenvalue weighted by atomic mass is 9.79. The van der Waals surface area contributed by atoms with Crippen LogP contribution in [-0.2, 0) is 14.4 Å². The average molecular weight is 341 g/mol. The smallest absolute Gasteiger partial charge is 0.309 e. The standard InChI is InChI=1S/C18H32N2O4/c1-12(2)15-16(13(3)4)18(24)19(17(15)23)9-7-10-20(5,6)11-8-14(21)22/h12-13,15-16H,7-11H2,1-6H3/p+1. The zero-order chi connectivity index (χ0) is 18.7. The van der Waals surface area contributed by atoms with Crippen molar-refractivity contribution in [2.75, 3.05) is 33.7 Å². The van der Waals surface area contributed by atoms with Crippen molar-refractivity contribution in [2.24, 2.45) is 23.7 Å². The maximum Gasteiger partial charge on any atom is 0.309 e. The number of nitrogens with zero attached hydrogens (tertiary/aromatic N) is 2. The van der Waals surface area contributed by atoms with Crippen LogP contribution in [0.5, 0.6) is 0 Å². The highest BCUT2D eigenvalue weighted by Gasteiger charge is 2.49. The fraction of sp³-hybridized carbons (Fsp3) is 0.833. The lowest BCUT2D eigenvalue weighted by molar-refractivity contribution is -0.889. The lowest BCUT2D eigenvalue weighted by Gasteiger charge is -2.30. The van der Waals surface area contributed by atoms with Gasteiger partial charge in [-0.05, 0) is 11.8 Å². The van der Waals surface area contributed by atoms with E-state index < -0.39 is 5.97 Å². The van der Waals surface area contributed by atoms with Gasteiger partial charge < -0.3 is 9.59 Å². The van der Waals surface area contributed by atoms with Crippen molar-refractivity contribution in [3.8, 4) is 0 Å². The van der Waals surface area contributed by atoms with Gasteiger partial charge in [-0.25, -0.2) is 0 Å². The van der Waals surface area contributed by atoms with E-state index in [2.05, 4.69) is 0 Å². The van der Waals surface area contributed by atoms with Crippen LogP contribution in [0.3, 0.4) is 0 Å². The predicted molar refractivity (Wildman–Crippen MR) is 92.1 cm³/mol. The Morgan fingerprint density at radius 2 is 1.50 bits per heavy atom. The third-order valence-corrected chi connectivity index (χ3v) is 5.00. The molecule has 0 spiro atoms. The number of carboxylic acids is 1. The van der Waals surface area contributed by atoms with Crippen molar-refractivity contribution in [1.29, 1.82) is 0 Å². The number of hydrogen-bond acceptors (Lipinski definition) is 3. The Morgan fingerprint density at radius 3 is 1.88 bits per heavy atom. The van der Waals surface area contributed by atoms with Gasteiger partial charge in [0.25, 0.3) is 0 Å². The van der Waals surface area contributed by atoms with Crippen LogP contribution in [0.4, 0.5) is 0 Å². The quantitative estimate of drug-likeness (QED) is 0.513. The topological polar surface area (TPSA) is 74.7 Å². The summed E-state index contributed by atoms with van der Waals surface area (Å²) in [5, 5.41) is 8.80. The Balaban J connectivity index is 2.66. The zero-order valence-corrected chi connectivity index (χ0v) is 15.9. The molecule has 24 heavy (non-hydrogen) atoms. The minimum atomic E-state index is -0.800. The molecule has 0 aliphatic carbocycles. The normalized spacial score (nSPS) is 22.1. The van der Waals surface area contributed by atoms with Gasteiger partial charge in [0.05, 0.1) is 45.4 Å². The molecule has 0 radical (unpaired) electrons. The van der Waals surface area contributed by atoms with E-state index in [1.54, 1.807) is 0 Å². The zero-order valence-electron chi connectivity index (χ0n) is 15.9. The Hall–Kier alpha value is -1.43. The van der Waals surface area contributed by atoms with Gasteiger partial charge in [-0.1, -0.05) is 27.7 Å². The molecule has 1 rings (SSSR count). The van der Waals surface area contributed by atoms with Crippen LogP contribution >= 0.6 is 0 Å². The fourth-order valence-corrected chi connectivity index (χ4v) is 3.56. The maximum absolute atomic E-state index is 12.7. The number of likely N-dealkylation sites (tertiary alicyclic amines) is 1. The molecule has 1 fully saturated rings. The number of aliphatic carboxylic acids is 1. The van der Waals surface area contributed by atoms with E-state index in [0.29, 0.717) is 24.0 Å². The Kier molecular flexibility index (Phi) is 6.96. The Bertz CT molecular complexity index is 459. The number of rotatable bonds is 9. The Morgan fingerprint density at radius 1 is 1.04 bits per heavy atom. The summed E-state index contributed by atoms with van der Waals surface area (Å²) in [6, 6.07) is 0. The number of carbonyl (C=O) groups is 3. The van der Waals surface area contributed by atoms with Crippen molar-refractivity contribution >= 4 is 17.8 Å². The van der Waals surface area contributed by atoms with E-state index in [0.717, 1.165) is 6.54 Å². The van der Waals surface area contributed by atoms with Gasteiger partial charge in [0.15, 0.2) is 0 Å². The molecule has 1 saturated heterocycles. The molecule has 6 nitrogen and oxygen atoms in total. The van der Waals surface area contributed by atoms with E-state index >= 15 is 0 Å². The molecule has 2 amide bonds. The molecule has 2 unspecified atom stereocenters. The van der Waals surface area contributed by atoms with E-state index in [1.165, 1.54) is 4.90 Å².